The van der Waals surface area contributed by atoms with Crippen molar-refractivity contribution in [2.75, 3.05) is 13.2 Å². The minimum Gasteiger partial charge on any atom is -0.494 e. The van der Waals surface area contributed by atoms with Crippen LogP contribution in [0.2, 0.25) is 5.02 Å². The van der Waals surface area contributed by atoms with Gasteiger partial charge in [0, 0.05) is 5.02 Å². The third-order valence-electron chi connectivity index (χ3n) is 10.0. The summed E-state index contributed by atoms with van der Waals surface area (Å²) in [6.45, 7) is 4.19. The number of thioether (sulfide) groups is 1. The first kappa shape index (κ1) is 40.7. The summed E-state index contributed by atoms with van der Waals surface area (Å²) < 4.78 is 32.9. The van der Waals surface area contributed by atoms with Gasteiger partial charge in [-0.15, -0.1) is 11.8 Å². The second-order valence-electron chi connectivity index (χ2n) is 14.2. The Balaban J connectivity index is 1.28. The fourth-order valence-electron chi connectivity index (χ4n) is 7.11. The van der Waals surface area contributed by atoms with Crippen molar-refractivity contribution in [3.8, 4) is 5.75 Å². The molecule has 1 saturated heterocycles. The fraction of sp³-hybridized carbons (Fsp3) is 0.265. The molecule has 6 nitrogen and oxygen atoms in total. The molecule has 1 aliphatic rings. The zero-order chi connectivity index (χ0) is 39.3. The van der Waals surface area contributed by atoms with E-state index in [1.807, 2.05) is 159 Å². The van der Waals surface area contributed by atoms with Crippen LogP contribution in [0.1, 0.15) is 45.9 Å². The number of ether oxygens (including phenoxy) is 5. The number of benzene rings is 6. The Hall–Kier alpha value is -4.44. The second-order valence-corrected chi connectivity index (χ2v) is 16.0. The fourth-order valence-corrected chi connectivity index (χ4v) is 8.89. The van der Waals surface area contributed by atoms with E-state index in [1.54, 1.807) is 0 Å². The standard InChI is InChI=1S/C49H49ClO6S/c1-2-53-43-26-23-36(24-27-43)29-41-30-42(25-28-44(41)50)49(51)48(56-34-40-21-13-6-14-22-40)47(55-33-39-19-11-5-12-20-39)46(54-32-38-17-9-4-10-18-38)45(57-49)35-52-31-37-15-7-3-8-16-37/h3-28,30,45-48,51H,2,29,31-35H2,1H3/t45-,46-,47+,48-,49?/m1/s1. The predicted octanol–water partition coefficient (Wildman–Crippen LogP) is 10.6. The van der Waals surface area contributed by atoms with Gasteiger partial charge in [0.15, 0.2) is 4.93 Å². The summed E-state index contributed by atoms with van der Waals surface area (Å²) in [6.07, 6.45) is -1.53. The molecule has 1 N–H and O–H groups in total. The molecule has 0 aliphatic carbocycles. The highest BCUT2D eigenvalue weighted by molar-refractivity contribution is 8.00. The third kappa shape index (κ3) is 10.9. The molecule has 57 heavy (non-hydrogen) atoms. The summed E-state index contributed by atoms with van der Waals surface area (Å²) in [5.74, 6) is 0.818. The van der Waals surface area contributed by atoms with Crippen LogP contribution in [0.3, 0.4) is 0 Å². The lowest BCUT2D eigenvalue weighted by atomic mass is 9.91. The average Bonchev–Trinajstić information content (AvgIpc) is 3.25. The van der Waals surface area contributed by atoms with Crippen molar-refractivity contribution >= 4 is 23.4 Å². The van der Waals surface area contributed by atoms with Gasteiger partial charge in [0.2, 0.25) is 0 Å². The molecule has 1 aliphatic heterocycles. The third-order valence-corrected chi connectivity index (χ3v) is 11.9. The molecule has 0 radical (unpaired) electrons. The number of rotatable bonds is 18. The average molecular weight is 801 g/mol. The molecule has 294 valence electrons. The van der Waals surface area contributed by atoms with Gasteiger partial charge in [-0.3, -0.25) is 0 Å². The van der Waals surface area contributed by atoms with Gasteiger partial charge in [-0.05, 0) is 70.5 Å². The van der Waals surface area contributed by atoms with Crippen LogP contribution >= 0.6 is 23.4 Å². The van der Waals surface area contributed by atoms with E-state index < -0.39 is 23.2 Å². The summed E-state index contributed by atoms with van der Waals surface area (Å²) in [5.41, 5.74) is 6.70. The van der Waals surface area contributed by atoms with Crippen molar-refractivity contribution < 1.29 is 28.8 Å². The van der Waals surface area contributed by atoms with Crippen molar-refractivity contribution in [1.29, 1.82) is 0 Å². The molecule has 5 atom stereocenters. The van der Waals surface area contributed by atoms with Crippen molar-refractivity contribution in [1.82, 2.24) is 0 Å². The van der Waals surface area contributed by atoms with Gasteiger partial charge in [-0.1, -0.05) is 157 Å². The Kier molecular flexibility index (Phi) is 14.5. The molecule has 1 fully saturated rings. The molecule has 6 aromatic carbocycles. The molecule has 6 aromatic rings. The molecule has 0 saturated carbocycles. The van der Waals surface area contributed by atoms with Gasteiger partial charge in [-0.2, -0.15) is 0 Å². The monoisotopic (exact) mass is 800 g/mol. The summed E-state index contributed by atoms with van der Waals surface area (Å²) >= 11 is 8.31. The van der Waals surface area contributed by atoms with E-state index >= 15 is 0 Å². The van der Waals surface area contributed by atoms with Crippen LogP contribution < -0.4 is 4.74 Å². The minimum atomic E-state index is -1.60. The number of hydrogen-bond acceptors (Lipinski definition) is 7. The van der Waals surface area contributed by atoms with E-state index in [1.165, 1.54) is 11.8 Å². The van der Waals surface area contributed by atoms with Crippen LogP contribution in [-0.2, 0) is 56.7 Å². The van der Waals surface area contributed by atoms with E-state index in [-0.39, 0.29) is 11.9 Å². The van der Waals surface area contributed by atoms with E-state index in [0.717, 1.165) is 39.1 Å². The van der Waals surface area contributed by atoms with E-state index in [9.17, 15) is 5.11 Å². The first-order valence-electron chi connectivity index (χ1n) is 19.5. The van der Waals surface area contributed by atoms with Crippen LogP contribution in [0.4, 0.5) is 0 Å². The first-order chi connectivity index (χ1) is 28.0. The summed E-state index contributed by atoms with van der Waals surface area (Å²) in [7, 11) is 0. The molecular formula is C49H49ClO6S. The van der Waals surface area contributed by atoms with Crippen molar-refractivity contribution in [3.63, 3.8) is 0 Å². The maximum atomic E-state index is 13.4. The van der Waals surface area contributed by atoms with E-state index in [4.69, 9.17) is 35.3 Å². The number of aliphatic hydroxyl groups is 1. The topological polar surface area (TPSA) is 66.4 Å². The lowest BCUT2D eigenvalue weighted by Gasteiger charge is -2.50. The SMILES string of the molecule is CCOc1ccc(Cc2cc(C3(O)S[C@H](COCc4ccccc4)[C@@H](OCc4ccccc4)[C@H](OCc4ccccc4)[C@H]3OCc3ccccc3)ccc2Cl)cc1. The van der Waals surface area contributed by atoms with Crippen LogP contribution in [0.25, 0.3) is 0 Å². The molecule has 1 heterocycles. The van der Waals surface area contributed by atoms with Crippen molar-refractivity contribution in [2.45, 2.75) is 68.3 Å². The van der Waals surface area contributed by atoms with Gasteiger partial charge in [0.05, 0.1) is 44.9 Å². The van der Waals surface area contributed by atoms with Gasteiger partial charge in [0.1, 0.15) is 24.1 Å². The van der Waals surface area contributed by atoms with Crippen LogP contribution in [0, 0.1) is 0 Å². The van der Waals surface area contributed by atoms with E-state index in [0.29, 0.717) is 50.0 Å². The highest BCUT2D eigenvalue weighted by Crippen LogP contribution is 2.51. The second kappa shape index (κ2) is 20.3. The molecule has 0 bridgehead atoms. The Morgan fingerprint density at radius 2 is 1.09 bits per heavy atom. The minimum absolute atomic E-state index is 0.257. The van der Waals surface area contributed by atoms with E-state index in [2.05, 4.69) is 12.1 Å². The van der Waals surface area contributed by atoms with Crippen LogP contribution in [-0.4, -0.2) is 41.9 Å². The maximum absolute atomic E-state index is 13.4. The number of halogens is 1. The highest BCUT2D eigenvalue weighted by Gasteiger charge is 2.56. The maximum Gasteiger partial charge on any atom is 0.165 e. The summed E-state index contributed by atoms with van der Waals surface area (Å²) in [6, 6.07) is 54.1. The smallest absolute Gasteiger partial charge is 0.165 e. The number of hydrogen-bond donors (Lipinski definition) is 1. The molecule has 0 spiro atoms. The molecular weight excluding hydrogens is 752 g/mol. The Morgan fingerprint density at radius 1 is 0.579 bits per heavy atom. The normalized spacial score (nSPS) is 20.6. The molecule has 7 rings (SSSR count). The van der Waals surface area contributed by atoms with Gasteiger partial charge in [-0.25, -0.2) is 0 Å². The van der Waals surface area contributed by atoms with Crippen molar-refractivity contribution in [2.24, 2.45) is 0 Å². The van der Waals surface area contributed by atoms with Crippen molar-refractivity contribution in [3.05, 3.63) is 208 Å². The highest BCUT2D eigenvalue weighted by atomic mass is 35.5. The van der Waals surface area contributed by atoms with Gasteiger partial charge < -0.3 is 28.8 Å². The van der Waals surface area contributed by atoms with Gasteiger partial charge in [0.25, 0.3) is 0 Å². The Labute approximate surface area is 345 Å². The first-order valence-corrected chi connectivity index (χ1v) is 20.7. The van der Waals surface area contributed by atoms with Gasteiger partial charge >= 0.3 is 0 Å². The Morgan fingerprint density at radius 3 is 1.63 bits per heavy atom. The zero-order valence-corrected chi connectivity index (χ0v) is 33.7. The molecule has 1 unspecified atom stereocenters. The summed E-state index contributed by atoms with van der Waals surface area (Å²) in [4.78, 5) is -1.60. The molecule has 8 heteroatoms. The lowest BCUT2D eigenvalue weighted by molar-refractivity contribution is -0.199. The molecule has 0 amide bonds. The zero-order valence-electron chi connectivity index (χ0n) is 32.1. The predicted molar refractivity (Wildman–Crippen MR) is 228 cm³/mol. The van der Waals surface area contributed by atoms with Crippen LogP contribution in [0.5, 0.6) is 5.75 Å². The lowest BCUT2D eigenvalue weighted by Crippen LogP contribution is -2.61. The largest absolute Gasteiger partial charge is 0.494 e. The van der Waals surface area contributed by atoms with Crippen LogP contribution in [0.15, 0.2) is 164 Å². The Bertz CT molecular complexity index is 2090. The quantitative estimate of drug-likeness (QED) is 0.0929. The summed E-state index contributed by atoms with van der Waals surface area (Å²) in [5, 5.41) is 13.7. The molecule has 0 aromatic heterocycles.